The smallest absolute Gasteiger partial charge is 0.238 e. The number of para-hydroxylation sites is 1. The highest BCUT2D eigenvalue weighted by atomic mass is 19.1. The van der Waals surface area contributed by atoms with E-state index in [0.29, 0.717) is 0 Å². The molecule has 0 heterocycles. The second-order valence-electron chi connectivity index (χ2n) is 4.47. The van der Waals surface area contributed by atoms with Crippen LogP contribution in [0.3, 0.4) is 0 Å². The third-order valence-electron chi connectivity index (χ3n) is 2.25. The molecule has 0 aliphatic carbocycles. The second-order valence-corrected chi connectivity index (χ2v) is 4.47. The monoisotopic (exact) mass is 285 g/mol. The van der Waals surface area contributed by atoms with Crippen molar-refractivity contribution in [2.24, 2.45) is 0 Å². The maximum atomic E-state index is 13.3. The van der Waals surface area contributed by atoms with Gasteiger partial charge in [-0.3, -0.25) is 14.9 Å². The Labute approximate surface area is 115 Å². The molecule has 0 aromatic heterocycles. The van der Waals surface area contributed by atoms with Crippen LogP contribution in [0.2, 0.25) is 0 Å². The van der Waals surface area contributed by atoms with Gasteiger partial charge in [0.25, 0.3) is 0 Å². The maximum absolute atomic E-state index is 13.3. The van der Waals surface area contributed by atoms with Crippen LogP contribution in [0, 0.1) is 11.6 Å². The average Bonchev–Trinajstić information content (AvgIpc) is 2.33. The van der Waals surface area contributed by atoms with E-state index in [1.807, 2.05) is 13.8 Å². The number of hydrogen-bond donors (Lipinski definition) is 3. The number of hydrogen-bond acceptors (Lipinski definition) is 3. The summed E-state index contributed by atoms with van der Waals surface area (Å²) in [5, 5.41) is 7.32. The Morgan fingerprint density at radius 2 is 1.65 bits per heavy atom. The molecule has 0 saturated carbocycles. The number of amides is 2. The third-order valence-corrected chi connectivity index (χ3v) is 2.25. The van der Waals surface area contributed by atoms with Crippen LogP contribution < -0.4 is 16.0 Å². The van der Waals surface area contributed by atoms with Crippen molar-refractivity contribution >= 4 is 17.5 Å². The van der Waals surface area contributed by atoms with Crippen molar-refractivity contribution in [3.8, 4) is 0 Å². The quantitative estimate of drug-likeness (QED) is 0.731. The number of nitrogens with one attached hydrogen (secondary N) is 3. The van der Waals surface area contributed by atoms with Gasteiger partial charge in [-0.15, -0.1) is 0 Å². The van der Waals surface area contributed by atoms with Gasteiger partial charge in [0.15, 0.2) is 0 Å². The molecule has 3 N–H and O–H groups in total. The molecule has 0 aliphatic heterocycles. The van der Waals surface area contributed by atoms with E-state index in [4.69, 9.17) is 0 Å². The number of carbonyl (C=O) groups is 2. The molecule has 110 valence electrons. The zero-order chi connectivity index (χ0) is 15.1. The molecule has 0 unspecified atom stereocenters. The van der Waals surface area contributed by atoms with E-state index in [1.165, 1.54) is 6.07 Å². The Kier molecular flexibility index (Phi) is 6.05. The first-order valence-electron chi connectivity index (χ1n) is 6.14. The number of carbonyl (C=O) groups excluding carboxylic acids is 2. The molecule has 0 spiro atoms. The Hall–Kier alpha value is -2.02. The lowest BCUT2D eigenvalue weighted by Gasteiger charge is -2.10. The van der Waals surface area contributed by atoms with Crippen LogP contribution in [0.15, 0.2) is 18.2 Å². The summed E-state index contributed by atoms with van der Waals surface area (Å²) >= 11 is 0. The van der Waals surface area contributed by atoms with Gasteiger partial charge < -0.3 is 10.6 Å². The Balaban J connectivity index is 2.39. The molecule has 5 nitrogen and oxygen atoms in total. The molecular weight excluding hydrogens is 268 g/mol. The Bertz CT molecular complexity index is 472. The summed E-state index contributed by atoms with van der Waals surface area (Å²) in [6.45, 7) is 3.35. The fraction of sp³-hybridized carbons (Fsp3) is 0.385. The van der Waals surface area contributed by atoms with E-state index in [0.717, 1.165) is 12.1 Å². The van der Waals surface area contributed by atoms with E-state index < -0.39 is 23.2 Å². The van der Waals surface area contributed by atoms with Crippen molar-refractivity contribution in [2.45, 2.75) is 19.9 Å². The molecule has 20 heavy (non-hydrogen) atoms. The van der Waals surface area contributed by atoms with E-state index in [-0.39, 0.29) is 25.0 Å². The summed E-state index contributed by atoms with van der Waals surface area (Å²) in [6.07, 6.45) is 0. The summed E-state index contributed by atoms with van der Waals surface area (Å²) in [5.74, 6) is -2.59. The Morgan fingerprint density at radius 1 is 1.10 bits per heavy atom. The molecule has 0 radical (unpaired) electrons. The molecule has 7 heteroatoms. The summed E-state index contributed by atoms with van der Waals surface area (Å²) < 4.78 is 26.5. The van der Waals surface area contributed by atoms with Gasteiger partial charge in [-0.1, -0.05) is 6.07 Å². The first-order valence-corrected chi connectivity index (χ1v) is 6.14. The largest absolute Gasteiger partial charge is 0.353 e. The fourth-order valence-electron chi connectivity index (χ4n) is 1.46. The van der Waals surface area contributed by atoms with Gasteiger partial charge >= 0.3 is 0 Å². The van der Waals surface area contributed by atoms with Crippen LogP contribution in [-0.2, 0) is 9.59 Å². The van der Waals surface area contributed by atoms with Crippen LogP contribution in [0.25, 0.3) is 0 Å². The average molecular weight is 285 g/mol. The van der Waals surface area contributed by atoms with Crippen molar-refractivity contribution < 1.29 is 18.4 Å². The molecule has 1 aromatic carbocycles. The van der Waals surface area contributed by atoms with E-state index in [1.54, 1.807) is 0 Å². The first kappa shape index (κ1) is 16.0. The van der Waals surface area contributed by atoms with Crippen LogP contribution in [0.5, 0.6) is 0 Å². The topological polar surface area (TPSA) is 70.2 Å². The highest BCUT2D eigenvalue weighted by Crippen LogP contribution is 2.17. The van der Waals surface area contributed by atoms with Crippen LogP contribution in [0.4, 0.5) is 14.5 Å². The van der Waals surface area contributed by atoms with Gasteiger partial charge in [0.05, 0.1) is 13.1 Å². The number of anilines is 1. The van der Waals surface area contributed by atoms with Crippen LogP contribution in [0.1, 0.15) is 13.8 Å². The summed E-state index contributed by atoms with van der Waals surface area (Å²) in [5.41, 5.74) is -0.495. The predicted molar refractivity (Wildman–Crippen MR) is 71.1 cm³/mol. The normalized spacial score (nSPS) is 10.4. The molecule has 1 rings (SSSR count). The molecule has 0 fully saturated rings. The number of benzene rings is 1. The van der Waals surface area contributed by atoms with Gasteiger partial charge in [0.1, 0.15) is 17.3 Å². The molecular formula is C13H17F2N3O2. The lowest BCUT2D eigenvalue weighted by atomic mass is 10.3. The van der Waals surface area contributed by atoms with Gasteiger partial charge in [0, 0.05) is 6.04 Å². The van der Waals surface area contributed by atoms with Crippen molar-refractivity contribution in [1.29, 1.82) is 0 Å². The fourth-order valence-corrected chi connectivity index (χ4v) is 1.46. The summed E-state index contributed by atoms with van der Waals surface area (Å²) in [7, 11) is 0. The van der Waals surface area contributed by atoms with Crippen molar-refractivity contribution in [3.63, 3.8) is 0 Å². The zero-order valence-electron chi connectivity index (χ0n) is 11.3. The van der Waals surface area contributed by atoms with E-state index in [9.17, 15) is 18.4 Å². The number of halogens is 2. The molecule has 0 bridgehead atoms. The van der Waals surface area contributed by atoms with Crippen LogP contribution in [-0.4, -0.2) is 30.9 Å². The van der Waals surface area contributed by atoms with E-state index in [2.05, 4.69) is 16.0 Å². The predicted octanol–water partition coefficient (Wildman–Crippen LogP) is 1.02. The summed E-state index contributed by atoms with van der Waals surface area (Å²) in [4.78, 5) is 22.8. The molecule has 0 aliphatic rings. The minimum absolute atomic E-state index is 0.00522. The highest BCUT2D eigenvalue weighted by molar-refractivity contribution is 5.92. The minimum atomic E-state index is -0.851. The van der Waals surface area contributed by atoms with Gasteiger partial charge in [0.2, 0.25) is 11.8 Å². The minimum Gasteiger partial charge on any atom is -0.353 e. The highest BCUT2D eigenvalue weighted by Gasteiger charge is 2.12. The standard InChI is InChI=1S/C13H17F2N3O2/c1-8(2)17-11(19)6-16-7-12(20)18-13-9(14)4-3-5-10(13)15/h3-5,8,16H,6-7H2,1-2H3,(H,17,19)(H,18,20). The van der Waals surface area contributed by atoms with Gasteiger partial charge in [-0.25, -0.2) is 8.78 Å². The molecule has 1 aromatic rings. The first-order chi connectivity index (χ1) is 9.40. The molecule has 2 amide bonds. The lowest BCUT2D eigenvalue weighted by Crippen LogP contribution is -2.40. The van der Waals surface area contributed by atoms with Crippen molar-refractivity contribution in [1.82, 2.24) is 10.6 Å². The van der Waals surface area contributed by atoms with Gasteiger partial charge in [-0.05, 0) is 26.0 Å². The Morgan fingerprint density at radius 3 is 2.20 bits per heavy atom. The second kappa shape index (κ2) is 7.54. The SMILES string of the molecule is CC(C)NC(=O)CNCC(=O)Nc1c(F)cccc1F. The van der Waals surface area contributed by atoms with E-state index >= 15 is 0 Å². The third kappa shape index (κ3) is 5.31. The lowest BCUT2D eigenvalue weighted by molar-refractivity contribution is -0.120. The number of rotatable bonds is 6. The maximum Gasteiger partial charge on any atom is 0.238 e. The molecule has 0 saturated heterocycles. The van der Waals surface area contributed by atoms with Crippen LogP contribution >= 0.6 is 0 Å². The molecule has 0 atom stereocenters. The van der Waals surface area contributed by atoms with Crippen molar-refractivity contribution in [3.05, 3.63) is 29.8 Å². The van der Waals surface area contributed by atoms with Crippen molar-refractivity contribution in [2.75, 3.05) is 18.4 Å². The summed E-state index contributed by atoms with van der Waals surface area (Å²) in [6, 6.07) is 3.30. The van der Waals surface area contributed by atoms with Gasteiger partial charge in [-0.2, -0.15) is 0 Å². The zero-order valence-corrected chi connectivity index (χ0v) is 11.3.